The predicted octanol–water partition coefficient (Wildman–Crippen LogP) is 2.11. The van der Waals surface area contributed by atoms with Gasteiger partial charge in [-0.25, -0.2) is 5.43 Å². The van der Waals surface area contributed by atoms with Crippen molar-refractivity contribution >= 4 is 28.8 Å². The van der Waals surface area contributed by atoms with Gasteiger partial charge in [0.25, 0.3) is 11.8 Å². The Hall–Kier alpha value is -3.54. The highest BCUT2D eigenvalue weighted by Gasteiger charge is 2.10. The molecule has 0 saturated heterocycles. The minimum Gasteiger partial charge on any atom is -0.343 e. The number of fused-ring (bicyclic) bond motifs is 1. The smallest absolute Gasteiger partial charge is 0.259 e. The molecule has 0 saturated carbocycles. The second-order valence-electron chi connectivity index (χ2n) is 5.29. The van der Waals surface area contributed by atoms with Crippen LogP contribution >= 0.6 is 0 Å². The monoisotopic (exact) mass is 332 g/mol. The van der Waals surface area contributed by atoms with Crippen molar-refractivity contribution in [2.75, 3.05) is 6.54 Å². The summed E-state index contributed by atoms with van der Waals surface area (Å²) >= 11 is 0. The number of rotatable bonds is 5. The van der Waals surface area contributed by atoms with Gasteiger partial charge < -0.3 is 5.32 Å². The summed E-state index contributed by atoms with van der Waals surface area (Å²) in [6.07, 6.45) is 4.76. The van der Waals surface area contributed by atoms with Gasteiger partial charge in [0.15, 0.2) is 0 Å². The number of pyridine rings is 1. The van der Waals surface area contributed by atoms with Crippen LogP contribution in [0.15, 0.2) is 72.1 Å². The van der Waals surface area contributed by atoms with Gasteiger partial charge in [0, 0.05) is 23.5 Å². The molecule has 2 amide bonds. The minimum atomic E-state index is -0.409. The van der Waals surface area contributed by atoms with Crippen LogP contribution < -0.4 is 10.7 Å². The van der Waals surface area contributed by atoms with Crippen molar-refractivity contribution in [3.05, 3.63) is 78.1 Å². The molecule has 0 aliphatic heterocycles. The Morgan fingerprint density at radius 3 is 2.72 bits per heavy atom. The maximum Gasteiger partial charge on any atom is 0.259 e. The molecule has 0 bridgehead atoms. The molecular formula is C19H16N4O2. The molecule has 124 valence electrons. The van der Waals surface area contributed by atoms with Crippen molar-refractivity contribution in [3.8, 4) is 0 Å². The van der Waals surface area contributed by atoms with E-state index in [-0.39, 0.29) is 12.5 Å². The van der Waals surface area contributed by atoms with Crippen molar-refractivity contribution in [1.82, 2.24) is 15.7 Å². The number of carbonyl (C=O) groups excluding carboxylic acids is 2. The zero-order valence-electron chi connectivity index (χ0n) is 13.3. The summed E-state index contributed by atoms with van der Waals surface area (Å²) in [6, 6.07) is 16.7. The van der Waals surface area contributed by atoms with E-state index < -0.39 is 5.91 Å². The van der Waals surface area contributed by atoms with Crippen LogP contribution in [0, 0.1) is 0 Å². The van der Waals surface area contributed by atoms with Crippen LogP contribution in [0.25, 0.3) is 10.8 Å². The van der Waals surface area contributed by atoms with Crippen LogP contribution in [-0.2, 0) is 4.79 Å². The lowest BCUT2D eigenvalue weighted by atomic mass is 10.0. The summed E-state index contributed by atoms with van der Waals surface area (Å²) < 4.78 is 0. The molecule has 3 aromatic rings. The van der Waals surface area contributed by atoms with Gasteiger partial charge in [0.05, 0.1) is 12.8 Å². The molecule has 2 aromatic carbocycles. The van der Waals surface area contributed by atoms with Crippen LogP contribution in [0.4, 0.5) is 0 Å². The third-order valence-electron chi connectivity index (χ3n) is 3.53. The molecule has 2 N–H and O–H groups in total. The third kappa shape index (κ3) is 4.26. The topological polar surface area (TPSA) is 83.5 Å². The van der Waals surface area contributed by atoms with Crippen LogP contribution in [0.1, 0.15) is 15.9 Å². The number of hydrogen-bond donors (Lipinski definition) is 2. The van der Waals surface area contributed by atoms with Gasteiger partial charge in [-0.3, -0.25) is 14.6 Å². The first kappa shape index (κ1) is 16.3. The summed E-state index contributed by atoms with van der Waals surface area (Å²) in [4.78, 5) is 28.0. The van der Waals surface area contributed by atoms with Gasteiger partial charge in [-0.1, -0.05) is 42.5 Å². The molecular weight excluding hydrogens is 316 g/mol. The molecule has 25 heavy (non-hydrogen) atoms. The van der Waals surface area contributed by atoms with E-state index in [2.05, 4.69) is 20.8 Å². The SMILES string of the molecule is O=C(CNC(=O)c1cccc2ccccc12)NN=Cc1cccnc1. The highest BCUT2D eigenvalue weighted by Crippen LogP contribution is 2.18. The Morgan fingerprint density at radius 1 is 1.04 bits per heavy atom. The first-order chi connectivity index (χ1) is 12.2. The van der Waals surface area contributed by atoms with E-state index in [0.717, 1.165) is 16.3 Å². The summed E-state index contributed by atoms with van der Waals surface area (Å²) in [5.41, 5.74) is 3.66. The largest absolute Gasteiger partial charge is 0.343 e. The molecule has 0 atom stereocenters. The molecule has 6 heteroatoms. The van der Waals surface area contributed by atoms with Crippen molar-refractivity contribution in [1.29, 1.82) is 0 Å². The van der Waals surface area contributed by atoms with Gasteiger partial charge in [-0.2, -0.15) is 5.10 Å². The van der Waals surface area contributed by atoms with Gasteiger partial charge in [0.2, 0.25) is 0 Å². The average Bonchev–Trinajstić information content (AvgIpc) is 2.66. The summed E-state index contributed by atoms with van der Waals surface area (Å²) in [6.45, 7) is -0.160. The fourth-order valence-electron chi connectivity index (χ4n) is 2.35. The van der Waals surface area contributed by atoms with Crippen molar-refractivity contribution in [3.63, 3.8) is 0 Å². The van der Waals surface area contributed by atoms with E-state index in [1.165, 1.54) is 6.21 Å². The lowest BCUT2D eigenvalue weighted by molar-refractivity contribution is -0.120. The highest BCUT2D eigenvalue weighted by atomic mass is 16.2. The van der Waals surface area contributed by atoms with Crippen LogP contribution in [0.2, 0.25) is 0 Å². The van der Waals surface area contributed by atoms with Crippen molar-refractivity contribution in [2.24, 2.45) is 5.10 Å². The molecule has 1 aromatic heterocycles. The Kier molecular flexibility index (Phi) is 5.11. The highest BCUT2D eigenvalue weighted by molar-refractivity contribution is 6.07. The number of aromatic nitrogens is 1. The summed E-state index contributed by atoms with van der Waals surface area (Å²) in [7, 11) is 0. The van der Waals surface area contributed by atoms with Crippen molar-refractivity contribution in [2.45, 2.75) is 0 Å². The minimum absolute atomic E-state index is 0.160. The maximum absolute atomic E-state index is 12.3. The van der Waals surface area contributed by atoms with Crippen molar-refractivity contribution < 1.29 is 9.59 Å². The van der Waals surface area contributed by atoms with Crippen LogP contribution in [-0.4, -0.2) is 29.6 Å². The van der Waals surface area contributed by atoms with Gasteiger partial charge >= 0.3 is 0 Å². The van der Waals surface area contributed by atoms with Gasteiger partial charge in [-0.05, 0) is 22.9 Å². The summed E-state index contributed by atoms with van der Waals surface area (Å²) in [5, 5.41) is 8.25. The lowest BCUT2D eigenvalue weighted by Gasteiger charge is -2.07. The molecule has 6 nitrogen and oxygen atoms in total. The normalized spacial score (nSPS) is 10.7. The number of amides is 2. The second-order valence-corrected chi connectivity index (χ2v) is 5.29. The zero-order valence-corrected chi connectivity index (χ0v) is 13.3. The number of carbonyl (C=O) groups is 2. The van der Waals surface area contributed by atoms with Gasteiger partial charge in [-0.15, -0.1) is 0 Å². The Morgan fingerprint density at radius 2 is 1.88 bits per heavy atom. The number of benzene rings is 2. The molecule has 0 aliphatic rings. The first-order valence-electron chi connectivity index (χ1n) is 7.72. The molecule has 0 fully saturated rings. The Balaban J connectivity index is 1.56. The Labute approximate surface area is 144 Å². The van der Waals surface area contributed by atoms with E-state index in [1.54, 1.807) is 24.5 Å². The Bertz CT molecular complexity index is 918. The van der Waals surface area contributed by atoms with E-state index in [9.17, 15) is 9.59 Å². The number of hydrazone groups is 1. The second kappa shape index (κ2) is 7.83. The molecule has 0 unspecified atom stereocenters. The third-order valence-corrected chi connectivity index (χ3v) is 3.53. The molecule has 3 rings (SSSR count). The molecule has 0 aliphatic carbocycles. The molecule has 0 radical (unpaired) electrons. The van der Waals surface area contributed by atoms with Crippen LogP contribution in [0.3, 0.4) is 0 Å². The predicted molar refractivity (Wildman–Crippen MR) is 96.3 cm³/mol. The van der Waals surface area contributed by atoms with E-state index in [4.69, 9.17) is 0 Å². The fourth-order valence-corrected chi connectivity index (χ4v) is 2.35. The average molecular weight is 332 g/mol. The van der Waals surface area contributed by atoms with E-state index >= 15 is 0 Å². The van der Waals surface area contributed by atoms with Gasteiger partial charge in [0.1, 0.15) is 0 Å². The lowest BCUT2D eigenvalue weighted by Crippen LogP contribution is -2.35. The number of hydrogen-bond acceptors (Lipinski definition) is 4. The van der Waals surface area contributed by atoms with E-state index in [0.29, 0.717) is 5.56 Å². The zero-order chi connectivity index (χ0) is 17.5. The standard InChI is InChI=1S/C19H16N4O2/c24-18(23-22-12-14-5-4-10-20-11-14)13-21-19(25)17-9-3-7-15-6-1-2-8-16(15)17/h1-12H,13H2,(H,21,25)(H,23,24). The molecule has 1 heterocycles. The quantitative estimate of drug-likeness (QED) is 0.554. The first-order valence-corrected chi connectivity index (χ1v) is 7.72. The summed E-state index contributed by atoms with van der Waals surface area (Å²) in [5.74, 6) is -0.711. The molecule has 0 spiro atoms. The van der Waals surface area contributed by atoms with Crippen LogP contribution in [0.5, 0.6) is 0 Å². The van der Waals surface area contributed by atoms with E-state index in [1.807, 2.05) is 42.5 Å². The number of nitrogens with zero attached hydrogens (tertiary/aromatic N) is 2. The maximum atomic E-state index is 12.3. The fraction of sp³-hybridized carbons (Fsp3) is 0.0526. The number of nitrogens with one attached hydrogen (secondary N) is 2.